The minimum Gasteiger partial charge on any atom is -0.427 e. The molecule has 1 rings (SSSR count). The van der Waals surface area contributed by atoms with Gasteiger partial charge in [-0.25, -0.2) is 4.79 Å². The van der Waals surface area contributed by atoms with Crippen LogP contribution >= 0.6 is 0 Å². The summed E-state index contributed by atoms with van der Waals surface area (Å²) in [5, 5.41) is 10.3. The third-order valence-electron chi connectivity index (χ3n) is 2.48. The summed E-state index contributed by atoms with van der Waals surface area (Å²) in [4.78, 5) is 27.8. The van der Waals surface area contributed by atoms with Gasteiger partial charge in [0.1, 0.15) is 17.9 Å². The van der Waals surface area contributed by atoms with E-state index in [0.717, 1.165) is 10.6 Å². The third kappa shape index (κ3) is 6.37. The fourth-order valence-electron chi connectivity index (χ4n) is 1.55. The predicted octanol–water partition coefficient (Wildman–Crippen LogP) is 1.92. The molecule has 1 N–H and O–H groups in total. The molecule has 1 atom stereocenters. The fraction of sp³-hybridized carbons (Fsp3) is 0.467. The van der Waals surface area contributed by atoms with Crippen molar-refractivity contribution in [2.45, 2.75) is 39.0 Å². The van der Waals surface area contributed by atoms with Crippen LogP contribution in [0.3, 0.4) is 0 Å². The van der Waals surface area contributed by atoms with Crippen molar-refractivity contribution in [2.24, 2.45) is 0 Å². The van der Waals surface area contributed by atoms with Crippen molar-refractivity contribution in [3.05, 3.63) is 35.9 Å². The lowest BCUT2D eigenvalue weighted by Crippen LogP contribution is -2.41. The van der Waals surface area contributed by atoms with E-state index < -0.39 is 24.4 Å². The van der Waals surface area contributed by atoms with Crippen LogP contribution in [0.5, 0.6) is 0 Å². The first kappa shape index (κ1) is 17.1. The summed E-state index contributed by atoms with van der Waals surface area (Å²) >= 11 is 0. The molecule has 0 aromatic heterocycles. The number of carbonyl (C=O) groups is 2. The molecule has 0 aliphatic carbocycles. The minimum absolute atomic E-state index is 0.171. The van der Waals surface area contributed by atoms with E-state index in [9.17, 15) is 14.7 Å². The van der Waals surface area contributed by atoms with Gasteiger partial charge in [0.15, 0.2) is 0 Å². The molecule has 0 spiro atoms. The second-order valence-corrected chi connectivity index (χ2v) is 5.50. The van der Waals surface area contributed by atoms with Crippen molar-refractivity contribution in [1.29, 1.82) is 0 Å². The lowest BCUT2D eigenvalue weighted by molar-refractivity contribution is -0.177. The molecular weight excluding hydrogens is 274 g/mol. The molecule has 21 heavy (non-hydrogen) atoms. The van der Waals surface area contributed by atoms with Crippen molar-refractivity contribution in [1.82, 2.24) is 5.06 Å². The lowest BCUT2D eigenvalue weighted by atomic mass is 10.2. The van der Waals surface area contributed by atoms with Gasteiger partial charge in [-0.1, -0.05) is 30.3 Å². The van der Waals surface area contributed by atoms with Crippen molar-refractivity contribution in [3.8, 4) is 0 Å². The second kappa shape index (κ2) is 7.75. The highest BCUT2D eigenvalue weighted by Gasteiger charge is 2.25. The van der Waals surface area contributed by atoms with Crippen molar-refractivity contribution < 1.29 is 24.3 Å². The number of carbonyl (C=O) groups excluding carboxylic acids is 2. The first-order valence-corrected chi connectivity index (χ1v) is 6.63. The maximum Gasteiger partial charge on any atom is 0.528 e. The van der Waals surface area contributed by atoms with Gasteiger partial charge >= 0.3 is 6.16 Å². The summed E-state index contributed by atoms with van der Waals surface area (Å²) in [6, 6.07) is 8.21. The Labute approximate surface area is 124 Å². The molecule has 0 heterocycles. The number of aliphatic hydroxyl groups is 1. The zero-order valence-corrected chi connectivity index (χ0v) is 12.5. The van der Waals surface area contributed by atoms with E-state index in [1.54, 1.807) is 20.8 Å². The first-order valence-electron chi connectivity index (χ1n) is 6.63. The van der Waals surface area contributed by atoms with Crippen LogP contribution in [0.1, 0.15) is 26.3 Å². The van der Waals surface area contributed by atoms with E-state index in [1.807, 2.05) is 30.3 Å². The molecular formula is C15H21NO5. The highest BCUT2D eigenvalue weighted by atomic mass is 16.8. The molecule has 0 aliphatic rings. The molecule has 116 valence electrons. The molecule has 0 aliphatic heterocycles. The Bertz CT molecular complexity index is 455. The summed E-state index contributed by atoms with van der Waals surface area (Å²) in [6.07, 6.45) is -0.397. The lowest BCUT2D eigenvalue weighted by Gasteiger charge is -2.27. The molecule has 0 unspecified atom stereocenters. The molecule has 0 amide bonds. The van der Waals surface area contributed by atoms with Gasteiger partial charge < -0.3 is 19.5 Å². The van der Waals surface area contributed by atoms with Crippen molar-refractivity contribution in [3.63, 3.8) is 0 Å². The topological polar surface area (TPSA) is 76.1 Å². The molecule has 6 nitrogen and oxygen atoms in total. The molecule has 0 saturated carbocycles. The van der Waals surface area contributed by atoms with Gasteiger partial charge in [0.2, 0.25) is 0 Å². The predicted molar refractivity (Wildman–Crippen MR) is 76.2 cm³/mol. The standard InChI is InChI=1S/C15H21NO5/c1-15(2,3)20-14(19)21-16(13(10-17)11-18)9-12-7-5-4-6-8-12/h4-8,10,13,18H,9,11H2,1-3H3/t13-/m1/s1. The number of aldehydes is 1. The van der Waals surface area contributed by atoms with E-state index in [4.69, 9.17) is 9.57 Å². The van der Waals surface area contributed by atoms with E-state index in [0.29, 0.717) is 6.29 Å². The average molecular weight is 295 g/mol. The number of nitrogens with zero attached hydrogens (tertiary/aromatic N) is 1. The van der Waals surface area contributed by atoms with Gasteiger partial charge in [-0.2, -0.15) is 0 Å². The van der Waals surface area contributed by atoms with Crippen LogP contribution in [-0.2, 0) is 20.9 Å². The van der Waals surface area contributed by atoms with Gasteiger partial charge in [0, 0.05) is 0 Å². The van der Waals surface area contributed by atoms with E-state index in [1.165, 1.54) is 0 Å². The van der Waals surface area contributed by atoms with Gasteiger partial charge in [0.25, 0.3) is 0 Å². The minimum atomic E-state index is -0.947. The smallest absolute Gasteiger partial charge is 0.427 e. The van der Waals surface area contributed by atoms with E-state index in [2.05, 4.69) is 0 Å². The number of ether oxygens (including phenoxy) is 1. The van der Waals surface area contributed by atoms with Crippen molar-refractivity contribution in [2.75, 3.05) is 6.61 Å². The first-order chi connectivity index (χ1) is 9.85. The Balaban J connectivity index is 2.78. The van der Waals surface area contributed by atoms with Gasteiger partial charge in [-0.05, 0) is 26.3 Å². The number of hydrogen-bond donors (Lipinski definition) is 1. The number of hydrogen-bond acceptors (Lipinski definition) is 6. The Morgan fingerprint density at radius 2 is 1.95 bits per heavy atom. The highest BCUT2D eigenvalue weighted by Crippen LogP contribution is 2.13. The normalized spacial score (nSPS) is 12.8. The molecule has 0 radical (unpaired) electrons. The summed E-state index contributed by atoms with van der Waals surface area (Å²) in [5.41, 5.74) is 0.132. The van der Waals surface area contributed by atoms with Crippen LogP contribution in [0.15, 0.2) is 30.3 Å². The SMILES string of the molecule is CC(C)(C)OC(=O)ON(Cc1ccccc1)[C@H](C=O)CO. The number of aliphatic hydroxyl groups excluding tert-OH is 1. The van der Waals surface area contributed by atoms with Crippen LogP contribution in [0.4, 0.5) is 4.79 Å². The van der Waals surface area contributed by atoms with E-state index in [-0.39, 0.29) is 6.54 Å². The molecule has 6 heteroatoms. The number of hydroxylamine groups is 2. The number of rotatable bonds is 6. The largest absolute Gasteiger partial charge is 0.528 e. The van der Waals surface area contributed by atoms with Crippen molar-refractivity contribution >= 4 is 12.4 Å². The van der Waals surface area contributed by atoms with Crippen LogP contribution in [0.25, 0.3) is 0 Å². The molecule has 0 bridgehead atoms. The monoisotopic (exact) mass is 295 g/mol. The quantitative estimate of drug-likeness (QED) is 0.491. The summed E-state index contributed by atoms with van der Waals surface area (Å²) in [5.74, 6) is 0. The molecule has 1 aromatic carbocycles. The van der Waals surface area contributed by atoms with Crippen LogP contribution in [0.2, 0.25) is 0 Å². The second-order valence-electron chi connectivity index (χ2n) is 5.50. The van der Waals surface area contributed by atoms with Crippen LogP contribution < -0.4 is 0 Å². The zero-order chi connectivity index (χ0) is 15.9. The zero-order valence-electron chi connectivity index (χ0n) is 12.5. The van der Waals surface area contributed by atoms with Gasteiger partial charge in [0.05, 0.1) is 13.2 Å². The molecule has 1 aromatic rings. The summed E-state index contributed by atoms with van der Waals surface area (Å²) < 4.78 is 5.04. The molecule has 0 saturated heterocycles. The average Bonchev–Trinajstić information content (AvgIpc) is 2.39. The van der Waals surface area contributed by atoms with E-state index >= 15 is 0 Å². The summed E-state index contributed by atoms with van der Waals surface area (Å²) in [6.45, 7) is 4.83. The Morgan fingerprint density at radius 3 is 2.43 bits per heavy atom. The van der Waals surface area contributed by atoms with Gasteiger partial charge in [-0.15, -0.1) is 5.06 Å². The maximum absolute atomic E-state index is 11.7. The maximum atomic E-state index is 11.7. The Kier molecular flexibility index (Phi) is 6.33. The van der Waals surface area contributed by atoms with Gasteiger partial charge in [-0.3, -0.25) is 0 Å². The number of benzene rings is 1. The highest BCUT2D eigenvalue weighted by molar-refractivity contribution is 5.61. The molecule has 0 fully saturated rings. The Morgan fingerprint density at radius 1 is 1.33 bits per heavy atom. The van der Waals surface area contributed by atoms with Crippen LogP contribution in [0, 0.1) is 0 Å². The Hall–Kier alpha value is -1.92. The van der Waals surface area contributed by atoms with Crippen LogP contribution in [-0.4, -0.2) is 40.9 Å². The summed E-state index contributed by atoms with van der Waals surface area (Å²) in [7, 11) is 0. The fourth-order valence-corrected chi connectivity index (χ4v) is 1.55. The third-order valence-corrected chi connectivity index (χ3v) is 2.48.